The number of fused-ring (bicyclic) bond motifs is 2. The van der Waals surface area contributed by atoms with Crippen molar-refractivity contribution < 1.29 is 14.3 Å². The maximum absolute atomic E-state index is 12.8. The zero-order valence-corrected chi connectivity index (χ0v) is 14.8. The van der Waals surface area contributed by atoms with E-state index in [1.165, 1.54) is 0 Å². The molecule has 1 fully saturated rings. The van der Waals surface area contributed by atoms with Crippen molar-refractivity contribution >= 4 is 17.4 Å². The third kappa shape index (κ3) is 2.71. The van der Waals surface area contributed by atoms with Gasteiger partial charge >= 0.3 is 0 Å². The third-order valence-corrected chi connectivity index (χ3v) is 4.92. The number of anilines is 1. The first-order chi connectivity index (χ1) is 13.2. The van der Waals surface area contributed by atoms with Gasteiger partial charge in [-0.15, -0.1) is 15.3 Å². The van der Waals surface area contributed by atoms with E-state index in [4.69, 9.17) is 9.47 Å². The average Bonchev–Trinajstić information content (AvgIpc) is 3.33. The van der Waals surface area contributed by atoms with E-state index in [1.807, 2.05) is 24.0 Å². The Morgan fingerprint density at radius 2 is 1.81 bits per heavy atom. The van der Waals surface area contributed by atoms with E-state index in [-0.39, 0.29) is 12.7 Å². The summed E-state index contributed by atoms with van der Waals surface area (Å²) in [4.78, 5) is 16.8. The number of amides is 1. The second-order valence-electron chi connectivity index (χ2n) is 6.56. The van der Waals surface area contributed by atoms with Crippen LogP contribution < -0.4 is 14.4 Å². The van der Waals surface area contributed by atoms with Crippen molar-refractivity contribution in [1.29, 1.82) is 0 Å². The van der Waals surface area contributed by atoms with Crippen LogP contribution in [-0.2, 0) is 0 Å². The minimum atomic E-state index is 0.00557. The van der Waals surface area contributed by atoms with Gasteiger partial charge in [-0.2, -0.15) is 4.52 Å². The van der Waals surface area contributed by atoms with Crippen molar-refractivity contribution in [3.8, 4) is 11.5 Å². The third-order valence-electron chi connectivity index (χ3n) is 4.92. The van der Waals surface area contributed by atoms with E-state index < -0.39 is 0 Å². The molecule has 2 aliphatic heterocycles. The highest BCUT2D eigenvalue weighted by Gasteiger charge is 2.25. The molecule has 0 N–H and O–H groups in total. The normalized spacial score (nSPS) is 16.2. The monoisotopic (exact) mass is 366 g/mol. The molecule has 2 aliphatic rings. The molecule has 9 nitrogen and oxygen atoms in total. The summed E-state index contributed by atoms with van der Waals surface area (Å²) in [6.07, 6.45) is 0. The van der Waals surface area contributed by atoms with Crippen LogP contribution in [0.2, 0.25) is 0 Å². The quantitative estimate of drug-likeness (QED) is 0.672. The molecular formula is C18H18N6O3. The Morgan fingerprint density at radius 1 is 1.00 bits per heavy atom. The lowest BCUT2D eigenvalue weighted by atomic mass is 10.1. The van der Waals surface area contributed by atoms with Crippen molar-refractivity contribution in [2.75, 3.05) is 37.9 Å². The van der Waals surface area contributed by atoms with Gasteiger partial charge in [0.2, 0.25) is 6.79 Å². The van der Waals surface area contributed by atoms with E-state index in [2.05, 4.69) is 20.2 Å². The zero-order chi connectivity index (χ0) is 18.4. The summed E-state index contributed by atoms with van der Waals surface area (Å²) in [6, 6.07) is 9.17. The fraction of sp³-hybridized carbons (Fsp3) is 0.333. The van der Waals surface area contributed by atoms with Crippen molar-refractivity contribution in [3.63, 3.8) is 0 Å². The summed E-state index contributed by atoms with van der Waals surface area (Å²) < 4.78 is 12.4. The molecule has 3 aromatic rings. The van der Waals surface area contributed by atoms with E-state index in [0.29, 0.717) is 30.2 Å². The molecule has 138 valence electrons. The van der Waals surface area contributed by atoms with Gasteiger partial charge in [0.1, 0.15) is 5.82 Å². The van der Waals surface area contributed by atoms with Crippen molar-refractivity contribution in [3.05, 3.63) is 41.7 Å². The Morgan fingerprint density at radius 3 is 2.67 bits per heavy atom. The number of aryl methyl sites for hydroxylation is 1. The molecule has 1 amide bonds. The van der Waals surface area contributed by atoms with Gasteiger partial charge in [0.05, 0.1) is 0 Å². The van der Waals surface area contributed by atoms with E-state index in [9.17, 15) is 4.79 Å². The fourth-order valence-corrected chi connectivity index (χ4v) is 3.41. The molecule has 0 saturated carbocycles. The van der Waals surface area contributed by atoms with Crippen LogP contribution in [0.3, 0.4) is 0 Å². The van der Waals surface area contributed by atoms with Crippen LogP contribution in [-0.4, -0.2) is 63.6 Å². The molecule has 5 rings (SSSR count). The van der Waals surface area contributed by atoms with Crippen LogP contribution in [0.5, 0.6) is 11.5 Å². The predicted octanol–water partition coefficient (Wildman–Crippen LogP) is 1.12. The van der Waals surface area contributed by atoms with Gasteiger partial charge in [0.15, 0.2) is 23.0 Å². The number of aromatic nitrogens is 4. The van der Waals surface area contributed by atoms with Gasteiger partial charge in [-0.05, 0) is 37.3 Å². The van der Waals surface area contributed by atoms with E-state index in [0.717, 1.165) is 30.4 Å². The lowest BCUT2D eigenvalue weighted by molar-refractivity contribution is 0.0746. The van der Waals surface area contributed by atoms with Crippen molar-refractivity contribution in [1.82, 2.24) is 24.7 Å². The standard InChI is InChI=1S/C18H18N6O3/c1-12-19-20-16-4-5-17(21-24(12)16)22-6-8-23(9-7-22)18(25)13-2-3-14-15(10-13)27-11-26-14/h2-5,10H,6-9,11H2,1H3. The number of carbonyl (C=O) groups excluding carboxylic acids is 1. The molecule has 1 saturated heterocycles. The largest absolute Gasteiger partial charge is 0.454 e. The molecule has 0 atom stereocenters. The summed E-state index contributed by atoms with van der Waals surface area (Å²) in [6.45, 7) is 4.78. The number of nitrogens with zero attached hydrogens (tertiary/aromatic N) is 6. The minimum absolute atomic E-state index is 0.00557. The van der Waals surface area contributed by atoms with Crippen LogP contribution in [0.25, 0.3) is 5.65 Å². The number of ether oxygens (including phenoxy) is 2. The highest BCUT2D eigenvalue weighted by Crippen LogP contribution is 2.33. The van der Waals surface area contributed by atoms with Gasteiger partial charge in [-0.25, -0.2) is 0 Å². The Kier molecular flexibility index (Phi) is 3.59. The van der Waals surface area contributed by atoms with E-state index in [1.54, 1.807) is 22.7 Å². The minimum Gasteiger partial charge on any atom is -0.454 e. The van der Waals surface area contributed by atoms with Crippen LogP contribution in [0, 0.1) is 6.92 Å². The van der Waals surface area contributed by atoms with Crippen molar-refractivity contribution in [2.24, 2.45) is 0 Å². The first-order valence-corrected chi connectivity index (χ1v) is 8.82. The van der Waals surface area contributed by atoms with Crippen molar-refractivity contribution in [2.45, 2.75) is 6.92 Å². The molecule has 0 bridgehead atoms. The van der Waals surface area contributed by atoms with Crippen LogP contribution in [0.15, 0.2) is 30.3 Å². The number of hydrogen-bond donors (Lipinski definition) is 0. The molecule has 0 aliphatic carbocycles. The first-order valence-electron chi connectivity index (χ1n) is 8.82. The molecule has 27 heavy (non-hydrogen) atoms. The van der Waals surface area contributed by atoms with Gasteiger partial charge in [-0.1, -0.05) is 0 Å². The summed E-state index contributed by atoms with van der Waals surface area (Å²) in [7, 11) is 0. The second kappa shape index (κ2) is 6.11. The fourth-order valence-electron chi connectivity index (χ4n) is 3.41. The van der Waals surface area contributed by atoms with E-state index >= 15 is 0 Å². The van der Waals surface area contributed by atoms with Gasteiger partial charge in [0.25, 0.3) is 5.91 Å². The SMILES string of the molecule is Cc1nnc2ccc(N3CCN(C(=O)c4ccc5c(c4)OCO5)CC3)nn12. The molecule has 0 radical (unpaired) electrons. The van der Waals surface area contributed by atoms with Gasteiger partial charge in [0, 0.05) is 31.7 Å². The molecule has 4 heterocycles. The molecule has 9 heteroatoms. The Bertz CT molecular complexity index is 1030. The second-order valence-corrected chi connectivity index (χ2v) is 6.56. The summed E-state index contributed by atoms with van der Waals surface area (Å²) >= 11 is 0. The smallest absolute Gasteiger partial charge is 0.254 e. The zero-order valence-electron chi connectivity index (χ0n) is 14.8. The number of piperazine rings is 1. The van der Waals surface area contributed by atoms with Gasteiger partial charge in [-0.3, -0.25) is 4.79 Å². The molecular weight excluding hydrogens is 348 g/mol. The number of carbonyl (C=O) groups is 1. The summed E-state index contributed by atoms with van der Waals surface area (Å²) in [5.41, 5.74) is 1.35. The number of benzene rings is 1. The lowest BCUT2D eigenvalue weighted by Gasteiger charge is -2.35. The Hall–Kier alpha value is -3.36. The topological polar surface area (TPSA) is 85.1 Å². The maximum Gasteiger partial charge on any atom is 0.254 e. The highest BCUT2D eigenvalue weighted by atomic mass is 16.7. The first kappa shape index (κ1) is 15.9. The van der Waals surface area contributed by atoms with Crippen LogP contribution in [0.4, 0.5) is 5.82 Å². The predicted molar refractivity (Wildman–Crippen MR) is 96.2 cm³/mol. The Labute approximate surface area is 155 Å². The summed E-state index contributed by atoms with van der Waals surface area (Å²) in [5.74, 6) is 2.93. The molecule has 0 spiro atoms. The Balaban J connectivity index is 1.29. The number of hydrogen-bond acceptors (Lipinski definition) is 7. The lowest BCUT2D eigenvalue weighted by Crippen LogP contribution is -2.49. The van der Waals surface area contributed by atoms with Crippen LogP contribution in [0.1, 0.15) is 16.2 Å². The molecule has 0 unspecified atom stereocenters. The molecule has 2 aromatic heterocycles. The number of rotatable bonds is 2. The average molecular weight is 366 g/mol. The van der Waals surface area contributed by atoms with Crippen LogP contribution >= 0.6 is 0 Å². The van der Waals surface area contributed by atoms with Gasteiger partial charge < -0.3 is 19.3 Å². The summed E-state index contributed by atoms with van der Waals surface area (Å²) in [5, 5.41) is 12.7. The highest BCUT2D eigenvalue weighted by molar-refractivity contribution is 5.95. The maximum atomic E-state index is 12.8. The molecule has 1 aromatic carbocycles.